The molecule has 7 heteroatoms. The van der Waals surface area contributed by atoms with Crippen LogP contribution in [0.2, 0.25) is 5.02 Å². The summed E-state index contributed by atoms with van der Waals surface area (Å²) in [6.07, 6.45) is 0. The highest BCUT2D eigenvalue weighted by Crippen LogP contribution is 2.28. The second-order valence-corrected chi connectivity index (χ2v) is 7.15. The van der Waals surface area contributed by atoms with Gasteiger partial charge in [-0.05, 0) is 50.2 Å². The van der Waals surface area contributed by atoms with Crippen molar-refractivity contribution in [3.8, 4) is 0 Å². The minimum Gasteiger partial charge on any atom is -0.298 e. The van der Waals surface area contributed by atoms with Crippen molar-refractivity contribution in [3.63, 3.8) is 0 Å². The van der Waals surface area contributed by atoms with Crippen LogP contribution in [-0.4, -0.2) is 20.9 Å². The zero-order valence-corrected chi connectivity index (χ0v) is 15.1. The number of hydrogen-bond donors (Lipinski definition) is 1. The number of hydrogen-bond acceptors (Lipinski definition) is 5. The third kappa shape index (κ3) is 3.06. The Bertz CT molecular complexity index is 1140. The Hall–Kier alpha value is -2.57. The molecular weight excluding hydrogens is 356 g/mol. The molecule has 25 heavy (non-hydrogen) atoms. The van der Waals surface area contributed by atoms with E-state index >= 15 is 0 Å². The fourth-order valence-electron chi connectivity index (χ4n) is 2.49. The standard InChI is InChI=1S/C18H13ClN4OS/c1-9-10(2)21-15-7-11(3-5-13(15)20-9)17(24)23-18-22-14-6-4-12(19)8-16(14)25-18/h3-8H,1-2H3,(H,22,23,24). The van der Waals surface area contributed by atoms with Crippen molar-refractivity contribution in [1.82, 2.24) is 15.0 Å². The highest BCUT2D eigenvalue weighted by molar-refractivity contribution is 7.22. The molecule has 0 aliphatic carbocycles. The minimum absolute atomic E-state index is 0.230. The van der Waals surface area contributed by atoms with E-state index in [0.717, 1.165) is 27.1 Å². The van der Waals surface area contributed by atoms with E-state index in [1.54, 1.807) is 18.2 Å². The summed E-state index contributed by atoms with van der Waals surface area (Å²) in [6.45, 7) is 3.82. The molecular formula is C18H13ClN4OS. The number of aromatic nitrogens is 3. The molecule has 0 saturated carbocycles. The number of nitrogens with one attached hydrogen (secondary N) is 1. The molecule has 4 rings (SSSR count). The van der Waals surface area contributed by atoms with Crippen LogP contribution in [0.1, 0.15) is 21.7 Å². The number of aryl methyl sites for hydroxylation is 2. The van der Waals surface area contributed by atoms with E-state index in [1.807, 2.05) is 32.0 Å². The first kappa shape index (κ1) is 15.9. The van der Waals surface area contributed by atoms with E-state index < -0.39 is 0 Å². The Labute approximate surface area is 152 Å². The van der Waals surface area contributed by atoms with Crippen molar-refractivity contribution >= 4 is 55.2 Å². The largest absolute Gasteiger partial charge is 0.298 e. The number of thiazole rings is 1. The number of carbonyl (C=O) groups is 1. The summed E-state index contributed by atoms with van der Waals surface area (Å²) >= 11 is 7.37. The van der Waals surface area contributed by atoms with E-state index in [0.29, 0.717) is 21.2 Å². The predicted molar refractivity (Wildman–Crippen MR) is 102 cm³/mol. The maximum atomic E-state index is 12.5. The second-order valence-electron chi connectivity index (χ2n) is 5.68. The van der Waals surface area contributed by atoms with Crippen molar-refractivity contribution < 1.29 is 4.79 Å². The molecule has 2 aromatic carbocycles. The van der Waals surface area contributed by atoms with Crippen LogP contribution in [-0.2, 0) is 0 Å². The van der Waals surface area contributed by atoms with E-state index in [2.05, 4.69) is 20.3 Å². The predicted octanol–water partition coefficient (Wildman–Crippen LogP) is 4.76. The summed E-state index contributed by atoms with van der Waals surface area (Å²) in [5, 5.41) is 4.02. The van der Waals surface area contributed by atoms with Gasteiger partial charge in [0.1, 0.15) is 0 Å². The van der Waals surface area contributed by atoms with Gasteiger partial charge in [-0.3, -0.25) is 10.1 Å². The van der Waals surface area contributed by atoms with Crippen LogP contribution in [0.15, 0.2) is 36.4 Å². The molecule has 0 aliphatic rings. The van der Waals surface area contributed by atoms with Gasteiger partial charge in [-0.2, -0.15) is 0 Å². The van der Waals surface area contributed by atoms with Gasteiger partial charge < -0.3 is 0 Å². The molecule has 4 aromatic rings. The van der Waals surface area contributed by atoms with Gasteiger partial charge >= 0.3 is 0 Å². The Morgan fingerprint density at radius 3 is 2.48 bits per heavy atom. The molecule has 0 bridgehead atoms. The monoisotopic (exact) mass is 368 g/mol. The first-order valence-corrected chi connectivity index (χ1v) is 8.81. The Balaban J connectivity index is 1.65. The first-order chi connectivity index (χ1) is 12.0. The molecule has 0 fully saturated rings. The van der Waals surface area contributed by atoms with E-state index in [4.69, 9.17) is 11.6 Å². The van der Waals surface area contributed by atoms with Gasteiger partial charge in [-0.1, -0.05) is 22.9 Å². The SMILES string of the molecule is Cc1nc2ccc(C(=O)Nc3nc4ccc(Cl)cc4s3)cc2nc1C. The van der Waals surface area contributed by atoms with Gasteiger partial charge in [-0.15, -0.1) is 0 Å². The third-order valence-corrected chi connectivity index (χ3v) is 5.08. The van der Waals surface area contributed by atoms with E-state index in [9.17, 15) is 4.79 Å². The summed E-state index contributed by atoms with van der Waals surface area (Å²) in [7, 11) is 0. The average Bonchev–Trinajstić information content (AvgIpc) is 2.96. The number of benzene rings is 2. The van der Waals surface area contributed by atoms with Gasteiger partial charge in [0, 0.05) is 10.6 Å². The molecule has 1 N–H and O–H groups in total. The molecule has 0 aliphatic heterocycles. The van der Waals surface area contributed by atoms with Gasteiger partial charge in [0.05, 0.1) is 32.6 Å². The number of carbonyl (C=O) groups excluding carboxylic acids is 1. The van der Waals surface area contributed by atoms with Gasteiger partial charge in [0.2, 0.25) is 0 Å². The lowest BCUT2D eigenvalue weighted by Crippen LogP contribution is -2.11. The van der Waals surface area contributed by atoms with Gasteiger partial charge in [0.25, 0.3) is 5.91 Å². The van der Waals surface area contributed by atoms with Crippen LogP contribution >= 0.6 is 22.9 Å². The molecule has 0 spiro atoms. The summed E-state index contributed by atoms with van der Waals surface area (Å²) in [4.78, 5) is 25.9. The smallest absolute Gasteiger partial charge is 0.257 e. The highest BCUT2D eigenvalue weighted by Gasteiger charge is 2.12. The van der Waals surface area contributed by atoms with Crippen molar-refractivity contribution in [1.29, 1.82) is 0 Å². The van der Waals surface area contributed by atoms with Crippen molar-refractivity contribution in [2.75, 3.05) is 5.32 Å². The topological polar surface area (TPSA) is 67.8 Å². The molecule has 0 atom stereocenters. The number of rotatable bonds is 2. The molecule has 0 saturated heterocycles. The van der Waals surface area contributed by atoms with Gasteiger partial charge in [-0.25, -0.2) is 15.0 Å². The van der Waals surface area contributed by atoms with Crippen molar-refractivity contribution in [2.45, 2.75) is 13.8 Å². The number of amides is 1. The van der Waals surface area contributed by atoms with Crippen molar-refractivity contribution in [2.24, 2.45) is 0 Å². The molecule has 1 amide bonds. The van der Waals surface area contributed by atoms with Crippen LogP contribution in [0, 0.1) is 13.8 Å². The van der Waals surface area contributed by atoms with Crippen LogP contribution in [0.25, 0.3) is 21.3 Å². The minimum atomic E-state index is -0.230. The third-order valence-electron chi connectivity index (χ3n) is 3.91. The summed E-state index contributed by atoms with van der Waals surface area (Å²) in [5.41, 5.74) is 4.54. The number of fused-ring (bicyclic) bond motifs is 2. The van der Waals surface area contributed by atoms with Crippen LogP contribution in [0.5, 0.6) is 0 Å². The zero-order valence-electron chi connectivity index (χ0n) is 13.5. The lowest BCUT2D eigenvalue weighted by atomic mass is 10.1. The normalized spacial score (nSPS) is 11.2. The summed E-state index contributed by atoms with van der Waals surface area (Å²) < 4.78 is 0.929. The average molecular weight is 369 g/mol. The Morgan fingerprint density at radius 2 is 1.68 bits per heavy atom. The number of anilines is 1. The summed E-state index contributed by atoms with van der Waals surface area (Å²) in [5.74, 6) is -0.230. The van der Waals surface area contributed by atoms with E-state index in [1.165, 1.54) is 11.3 Å². The number of halogens is 1. The number of nitrogens with zero attached hydrogens (tertiary/aromatic N) is 3. The lowest BCUT2D eigenvalue weighted by Gasteiger charge is -2.05. The summed E-state index contributed by atoms with van der Waals surface area (Å²) in [6, 6.07) is 10.7. The second kappa shape index (κ2) is 6.06. The molecule has 2 aromatic heterocycles. The maximum Gasteiger partial charge on any atom is 0.257 e. The van der Waals surface area contributed by atoms with Crippen LogP contribution in [0.4, 0.5) is 5.13 Å². The molecule has 0 unspecified atom stereocenters. The lowest BCUT2D eigenvalue weighted by molar-refractivity contribution is 0.102. The highest BCUT2D eigenvalue weighted by atomic mass is 35.5. The molecule has 2 heterocycles. The fourth-order valence-corrected chi connectivity index (χ4v) is 3.63. The Kier molecular flexibility index (Phi) is 3.86. The molecule has 0 radical (unpaired) electrons. The Morgan fingerprint density at radius 1 is 0.960 bits per heavy atom. The van der Waals surface area contributed by atoms with E-state index in [-0.39, 0.29) is 5.91 Å². The quantitative estimate of drug-likeness (QED) is 0.553. The van der Waals surface area contributed by atoms with Crippen molar-refractivity contribution in [3.05, 3.63) is 58.4 Å². The molecule has 5 nitrogen and oxygen atoms in total. The fraction of sp³-hybridized carbons (Fsp3) is 0.111. The zero-order chi connectivity index (χ0) is 17.6. The van der Waals surface area contributed by atoms with Crippen LogP contribution < -0.4 is 5.32 Å². The first-order valence-electron chi connectivity index (χ1n) is 7.62. The maximum absolute atomic E-state index is 12.5. The van der Waals surface area contributed by atoms with Crippen LogP contribution in [0.3, 0.4) is 0 Å². The molecule has 124 valence electrons. The van der Waals surface area contributed by atoms with Gasteiger partial charge in [0.15, 0.2) is 5.13 Å².